The standard InChI is InChI=1S/C12H20N2O5S/c1-13(10-4-5-20(18,19)8-10)11(15)6-14(7-12(16)17)9-2-3-9/h9-10H,2-8H2,1H3,(H,16,17). The lowest BCUT2D eigenvalue weighted by molar-refractivity contribution is -0.140. The van der Waals surface area contributed by atoms with E-state index in [0.717, 1.165) is 12.8 Å². The Bertz CT molecular complexity index is 500. The fourth-order valence-corrected chi connectivity index (χ4v) is 4.27. The van der Waals surface area contributed by atoms with Crippen LogP contribution in [0.15, 0.2) is 0 Å². The molecule has 2 fully saturated rings. The summed E-state index contributed by atoms with van der Waals surface area (Å²) in [6, 6.07) is -0.103. The first-order chi connectivity index (χ1) is 9.28. The summed E-state index contributed by atoms with van der Waals surface area (Å²) in [6.45, 7) is -0.1000. The summed E-state index contributed by atoms with van der Waals surface area (Å²) in [6.07, 6.45) is 2.30. The Hall–Kier alpha value is -1.15. The highest BCUT2D eigenvalue weighted by atomic mass is 32.2. The van der Waals surface area contributed by atoms with E-state index in [1.807, 2.05) is 0 Å². The van der Waals surface area contributed by atoms with E-state index in [4.69, 9.17) is 5.11 Å². The highest BCUT2D eigenvalue weighted by molar-refractivity contribution is 7.91. The van der Waals surface area contributed by atoms with Crippen LogP contribution in [0, 0.1) is 0 Å². The maximum absolute atomic E-state index is 12.2. The van der Waals surface area contributed by atoms with Crippen molar-refractivity contribution in [2.24, 2.45) is 0 Å². The van der Waals surface area contributed by atoms with Crippen molar-refractivity contribution < 1.29 is 23.1 Å². The Morgan fingerprint density at radius 1 is 1.15 bits per heavy atom. The minimum Gasteiger partial charge on any atom is -0.480 e. The van der Waals surface area contributed by atoms with E-state index in [1.165, 1.54) is 4.90 Å². The molecule has 0 aromatic carbocycles. The minimum atomic E-state index is -3.03. The van der Waals surface area contributed by atoms with Gasteiger partial charge in [-0.15, -0.1) is 0 Å². The van der Waals surface area contributed by atoms with Gasteiger partial charge in [0.05, 0.1) is 24.6 Å². The van der Waals surface area contributed by atoms with Gasteiger partial charge >= 0.3 is 5.97 Å². The third-order valence-corrected chi connectivity index (χ3v) is 5.64. The molecule has 1 atom stereocenters. The number of likely N-dealkylation sites (N-methyl/N-ethyl adjacent to an activating group) is 1. The maximum atomic E-state index is 12.2. The smallest absolute Gasteiger partial charge is 0.317 e. The fraction of sp³-hybridized carbons (Fsp3) is 0.833. The number of carbonyl (C=O) groups is 2. The van der Waals surface area contributed by atoms with Crippen LogP contribution in [0.4, 0.5) is 0 Å². The van der Waals surface area contributed by atoms with Crippen molar-refractivity contribution in [3.8, 4) is 0 Å². The third kappa shape index (κ3) is 3.92. The van der Waals surface area contributed by atoms with Gasteiger partial charge in [-0.2, -0.15) is 0 Å². The number of carboxylic acids is 1. The second kappa shape index (κ2) is 5.69. The van der Waals surface area contributed by atoms with Crippen LogP contribution in [0.25, 0.3) is 0 Å². The molecule has 20 heavy (non-hydrogen) atoms. The largest absolute Gasteiger partial charge is 0.480 e. The van der Waals surface area contributed by atoms with Crippen molar-refractivity contribution in [3.63, 3.8) is 0 Å². The lowest BCUT2D eigenvalue weighted by Gasteiger charge is -2.27. The summed E-state index contributed by atoms with van der Waals surface area (Å²) < 4.78 is 22.9. The SMILES string of the molecule is CN(C(=O)CN(CC(=O)O)C1CC1)C1CCS(=O)(=O)C1. The lowest BCUT2D eigenvalue weighted by atomic mass is 10.2. The van der Waals surface area contributed by atoms with E-state index < -0.39 is 15.8 Å². The molecule has 0 aromatic rings. The van der Waals surface area contributed by atoms with Crippen molar-refractivity contribution in [1.29, 1.82) is 0 Å². The van der Waals surface area contributed by atoms with Gasteiger partial charge in [0, 0.05) is 19.1 Å². The van der Waals surface area contributed by atoms with Gasteiger partial charge in [0.1, 0.15) is 0 Å². The quantitative estimate of drug-likeness (QED) is 0.689. The molecule has 1 saturated carbocycles. The summed E-state index contributed by atoms with van der Waals surface area (Å²) in [5.41, 5.74) is 0. The van der Waals surface area contributed by atoms with Gasteiger partial charge in [0.15, 0.2) is 9.84 Å². The molecule has 0 aromatic heterocycles. The van der Waals surface area contributed by atoms with Gasteiger partial charge < -0.3 is 10.0 Å². The molecular formula is C12H20N2O5S. The molecule has 7 nitrogen and oxygen atoms in total. The van der Waals surface area contributed by atoms with Gasteiger partial charge in [-0.1, -0.05) is 0 Å². The fourth-order valence-electron chi connectivity index (χ4n) is 2.50. The lowest BCUT2D eigenvalue weighted by Crippen LogP contribution is -2.45. The molecule has 1 saturated heterocycles. The van der Waals surface area contributed by atoms with Crippen molar-refractivity contribution in [2.45, 2.75) is 31.3 Å². The van der Waals surface area contributed by atoms with Crippen LogP contribution in [0.3, 0.4) is 0 Å². The van der Waals surface area contributed by atoms with E-state index in [9.17, 15) is 18.0 Å². The molecule has 1 aliphatic carbocycles. The monoisotopic (exact) mass is 304 g/mol. The number of aliphatic carboxylic acids is 1. The topological polar surface area (TPSA) is 95.0 Å². The number of amides is 1. The first-order valence-corrected chi connectivity index (χ1v) is 8.52. The van der Waals surface area contributed by atoms with Crippen LogP contribution in [-0.2, 0) is 19.4 Å². The summed E-state index contributed by atoms with van der Waals surface area (Å²) in [5.74, 6) is -1.02. The number of rotatable bonds is 6. The van der Waals surface area contributed by atoms with E-state index in [-0.39, 0.29) is 42.6 Å². The first kappa shape index (κ1) is 15.2. The Balaban J connectivity index is 1.91. The average Bonchev–Trinajstić information content (AvgIpc) is 3.11. The zero-order valence-corrected chi connectivity index (χ0v) is 12.3. The number of carboxylic acid groups (broad SMARTS) is 1. The predicted octanol–water partition coefficient (Wildman–Crippen LogP) is -0.819. The van der Waals surface area contributed by atoms with Gasteiger partial charge in [-0.3, -0.25) is 14.5 Å². The summed E-state index contributed by atoms with van der Waals surface area (Å²) in [4.78, 5) is 26.1. The molecule has 8 heteroatoms. The van der Waals surface area contributed by atoms with Crippen molar-refractivity contribution >= 4 is 21.7 Å². The van der Waals surface area contributed by atoms with Crippen LogP contribution in [0.5, 0.6) is 0 Å². The van der Waals surface area contributed by atoms with E-state index in [1.54, 1.807) is 11.9 Å². The number of sulfone groups is 1. The molecule has 0 bridgehead atoms. The summed E-state index contributed by atoms with van der Waals surface area (Å²) in [5, 5.41) is 8.85. The van der Waals surface area contributed by atoms with E-state index >= 15 is 0 Å². The molecule has 114 valence electrons. The normalized spacial score (nSPS) is 24.8. The molecule has 1 unspecified atom stereocenters. The minimum absolute atomic E-state index is 0.0115. The van der Waals surface area contributed by atoms with Crippen LogP contribution < -0.4 is 0 Å². The molecule has 0 radical (unpaired) electrons. The highest BCUT2D eigenvalue weighted by Crippen LogP contribution is 2.26. The Kier molecular flexibility index (Phi) is 4.33. The average molecular weight is 304 g/mol. The Labute approximate surface area is 118 Å². The molecule has 1 heterocycles. The van der Waals surface area contributed by atoms with E-state index in [0.29, 0.717) is 6.42 Å². The number of nitrogens with zero attached hydrogens (tertiary/aromatic N) is 2. The zero-order valence-electron chi connectivity index (χ0n) is 11.5. The van der Waals surface area contributed by atoms with Crippen LogP contribution in [0.1, 0.15) is 19.3 Å². The Morgan fingerprint density at radius 2 is 1.80 bits per heavy atom. The second-order valence-corrected chi connectivity index (χ2v) is 7.82. The Morgan fingerprint density at radius 3 is 2.25 bits per heavy atom. The number of carbonyl (C=O) groups excluding carboxylic acids is 1. The summed E-state index contributed by atoms with van der Waals surface area (Å²) >= 11 is 0. The summed E-state index contributed by atoms with van der Waals surface area (Å²) in [7, 11) is -1.43. The van der Waals surface area contributed by atoms with Crippen molar-refractivity contribution in [2.75, 3.05) is 31.6 Å². The maximum Gasteiger partial charge on any atom is 0.317 e. The first-order valence-electron chi connectivity index (χ1n) is 6.70. The molecule has 2 rings (SSSR count). The molecule has 2 aliphatic rings. The van der Waals surface area contributed by atoms with Crippen molar-refractivity contribution in [3.05, 3.63) is 0 Å². The number of hydrogen-bond acceptors (Lipinski definition) is 5. The van der Waals surface area contributed by atoms with Crippen LogP contribution in [0.2, 0.25) is 0 Å². The van der Waals surface area contributed by atoms with Crippen LogP contribution in [-0.4, -0.2) is 78.9 Å². The van der Waals surface area contributed by atoms with Gasteiger partial charge in [0.25, 0.3) is 0 Å². The highest BCUT2D eigenvalue weighted by Gasteiger charge is 2.36. The molecule has 1 amide bonds. The van der Waals surface area contributed by atoms with Crippen molar-refractivity contribution in [1.82, 2.24) is 9.80 Å². The van der Waals surface area contributed by atoms with Gasteiger partial charge in [-0.05, 0) is 19.3 Å². The zero-order chi connectivity index (χ0) is 14.9. The predicted molar refractivity (Wildman–Crippen MR) is 72.1 cm³/mol. The second-order valence-electron chi connectivity index (χ2n) is 5.59. The molecule has 1 N–H and O–H groups in total. The molecular weight excluding hydrogens is 284 g/mol. The van der Waals surface area contributed by atoms with Gasteiger partial charge in [0.2, 0.25) is 5.91 Å². The van der Waals surface area contributed by atoms with E-state index in [2.05, 4.69) is 0 Å². The molecule has 0 spiro atoms. The van der Waals surface area contributed by atoms with Crippen LogP contribution >= 0.6 is 0 Å². The molecule has 1 aliphatic heterocycles. The number of hydrogen-bond donors (Lipinski definition) is 1. The third-order valence-electron chi connectivity index (χ3n) is 3.89. The van der Waals surface area contributed by atoms with Gasteiger partial charge in [-0.25, -0.2) is 8.42 Å².